The number of thiophene rings is 1. The van der Waals surface area contributed by atoms with Crippen molar-refractivity contribution in [1.29, 1.82) is 0 Å². The Morgan fingerprint density at radius 3 is 2.80 bits per heavy atom. The molecule has 130 valence electrons. The molecule has 2 aromatic heterocycles. The van der Waals surface area contributed by atoms with Crippen LogP contribution in [-0.4, -0.2) is 25.4 Å². The zero-order chi connectivity index (χ0) is 17.8. The predicted molar refractivity (Wildman–Crippen MR) is 109 cm³/mol. The number of hydrazone groups is 1. The Morgan fingerprint density at radius 1 is 1.28 bits per heavy atom. The fourth-order valence-corrected chi connectivity index (χ4v) is 4.37. The summed E-state index contributed by atoms with van der Waals surface area (Å²) in [5.41, 5.74) is 4.79. The van der Waals surface area contributed by atoms with Gasteiger partial charge in [0.1, 0.15) is 0 Å². The Morgan fingerprint density at radius 2 is 2.12 bits per heavy atom. The summed E-state index contributed by atoms with van der Waals surface area (Å²) in [5, 5.41) is 7.09. The molecule has 0 bridgehead atoms. The number of nitrogens with zero attached hydrogens (tertiary/aromatic N) is 2. The van der Waals surface area contributed by atoms with E-state index < -0.39 is 0 Å². The molecule has 1 aromatic carbocycles. The third-order valence-electron chi connectivity index (χ3n) is 3.39. The summed E-state index contributed by atoms with van der Waals surface area (Å²) in [6.45, 7) is 2.06. The van der Waals surface area contributed by atoms with Gasteiger partial charge in [-0.1, -0.05) is 22.0 Å². The predicted octanol–water partition coefficient (Wildman–Crippen LogP) is 5.41. The van der Waals surface area contributed by atoms with E-state index in [0.717, 1.165) is 30.6 Å². The number of thiazole rings is 1. The molecule has 0 unspecified atom stereocenters. The van der Waals surface area contributed by atoms with E-state index in [4.69, 9.17) is 9.47 Å². The molecule has 25 heavy (non-hydrogen) atoms. The highest BCUT2D eigenvalue weighted by Crippen LogP contribution is 2.34. The van der Waals surface area contributed by atoms with Crippen molar-refractivity contribution in [3.05, 3.63) is 44.6 Å². The first kappa shape index (κ1) is 17.9. The number of rotatable bonds is 6. The standard InChI is InChI=1S/C17H16BrN3O2S2/c1-10-15(14-5-4-6-24-14)20-17(25-10)21-19-9-11-7-12(18)8-13(22-2)16(11)23-3/h4-9H,1-3H3,(H,20,21)/b19-9-. The lowest BCUT2D eigenvalue weighted by Gasteiger charge is -2.10. The number of hydrogen-bond donors (Lipinski definition) is 1. The maximum absolute atomic E-state index is 5.42. The van der Waals surface area contributed by atoms with E-state index in [2.05, 4.69) is 44.4 Å². The van der Waals surface area contributed by atoms with E-state index >= 15 is 0 Å². The van der Waals surface area contributed by atoms with Gasteiger partial charge in [-0.25, -0.2) is 4.98 Å². The van der Waals surface area contributed by atoms with E-state index in [1.807, 2.05) is 23.6 Å². The van der Waals surface area contributed by atoms with Gasteiger partial charge in [0.15, 0.2) is 11.5 Å². The number of methoxy groups -OCH3 is 2. The van der Waals surface area contributed by atoms with Crippen LogP contribution in [0.25, 0.3) is 10.6 Å². The highest BCUT2D eigenvalue weighted by molar-refractivity contribution is 9.10. The summed E-state index contributed by atoms with van der Waals surface area (Å²) in [4.78, 5) is 6.93. The van der Waals surface area contributed by atoms with Crippen molar-refractivity contribution >= 4 is 49.9 Å². The number of aromatic nitrogens is 1. The van der Waals surface area contributed by atoms with Gasteiger partial charge in [-0.15, -0.1) is 22.7 Å². The van der Waals surface area contributed by atoms with Crippen molar-refractivity contribution in [2.24, 2.45) is 5.10 Å². The molecule has 0 amide bonds. The summed E-state index contributed by atoms with van der Waals surface area (Å²) >= 11 is 6.71. The number of nitrogens with one attached hydrogen (secondary N) is 1. The topological polar surface area (TPSA) is 55.7 Å². The van der Waals surface area contributed by atoms with Crippen LogP contribution in [0.5, 0.6) is 11.5 Å². The minimum absolute atomic E-state index is 0.630. The molecule has 2 heterocycles. The third kappa shape index (κ3) is 4.02. The first-order chi connectivity index (χ1) is 12.1. The van der Waals surface area contributed by atoms with Gasteiger partial charge in [0.25, 0.3) is 0 Å². The van der Waals surface area contributed by atoms with Crippen LogP contribution in [0.4, 0.5) is 5.13 Å². The van der Waals surface area contributed by atoms with E-state index in [9.17, 15) is 0 Å². The van der Waals surface area contributed by atoms with Crippen LogP contribution in [0, 0.1) is 6.92 Å². The summed E-state index contributed by atoms with van der Waals surface area (Å²) < 4.78 is 11.6. The van der Waals surface area contributed by atoms with E-state index in [1.165, 1.54) is 0 Å². The molecule has 0 aliphatic carbocycles. The van der Waals surface area contributed by atoms with Crippen LogP contribution in [-0.2, 0) is 0 Å². The second-order valence-electron chi connectivity index (χ2n) is 5.00. The molecule has 3 aromatic rings. The summed E-state index contributed by atoms with van der Waals surface area (Å²) in [6.07, 6.45) is 1.69. The second-order valence-corrected chi connectivity index (χ2v) is 8.07. The van der Waals surface area contributed by atoms with Crippen molar-refractivity contribution < 1.29 is 9.47 Å². The molecule has 0 saturated carbocycles. The molecule has 0 spiro atoms. The van der Waals surface area contributed by atoms with Gasteiger partial charge >= 0.3 is 0 Å². The minimum atomic E-state index is 0.630. The molecule has 1 N–H and O–H groups in total. The van der Waals surface area contributed by atoms with Crippen molar-refractivity contribution in [3.63, 3.8) is 0 Å². The molecule has 5 nitrogen and oxygen atoms in total. The maximum Gasteiger partial charge on any atom is 0.204 e. The fourth-order valence-electron chi connectivity index (χ4n) is 2.30. The summed E-state index contributed by atoms with van der Waals surface area (Å²) in [6, 6.07) is 7.85. The number of anilines is 1. The molecule has 0 aliphatic heterocycles. The lowest BCUT2D eigenvalue weighted by molar-refractivity contribution is 0.354. The highest BCUT2D eigenvalue weighted by atomic mass is 79.9. The monoisotopic (exact) mass is 437 g/mol. The van der Waals surface area contributed by atoms with Crippen LogP contribution in [0.15, 0.2) is 39.2 Å². The Balaban J connectivity index is 1.80. The molecular weight excluding hydrogens is 422 g/mol. The van der Waals surface area contributed by atoms with E-state index in [1.54, 1.807) is 43.1 Å². The third-order valence-corrected chi connectivity index (χ3v) is 5.60. The van der Waals surface area contributed by atoms with Crippen molar-refractivity contribution in [1.82, 2.24) is 4.98 Å². The average Bonchev–Trinajstić information content (AvgIpc) is 3.23. The number of halogens is 1. The molecular formula is C17H16BrN3O2S2. The van der Waals surface area contributed by atoms with Gasteiger partial charge in [0.05, 0.1) is 31.0 Å². The SMILES string of the molecule is COc1cc(Br)cc(/C=N\Nc2nc(-c3cccs3)c(C)s2)c1OC. The van der Waals surface area contributed by atoms with E-state index in [-0.39, 0.29) is 0 Å². The van der Waals surface area contributed by atoms with Gasteiger partial charge in [0.2, 0.25) is 5.13 Å². The van der Waals surface area contributed by atoms with Crippen molar-refractivity contribution in [3.8, 4) is 22.1 Å². The number of ether oxygens (including phenoxy) is 2. The molecule has 0 fully saturated rings. The molecule has 0 radical (unpaired) electrons. The number of benzene rings is 1. The largest absolute Gasteiger partial charge is 0.493 e. The highest BCUT2D eigenvalue weighted by Gasteiger charge is 2.12. The summed E-state index contributed by atoms with van der Waals surface area (Å²) in [7, 11) is 3.21. The molecule has 8 heteroatoms. The van der Waals surface area contributed by atoms with Gasteiger partial charge in [0, 0.05) is 14.9 Å². The normalized spacial score (nSPS) is 11.0. The second kappa shape index (κ2) is 7.99. The van der Waals surface area contributed by atoms with Gasteiger partial charge in [-0.3, -0.25) is 5.43 Å². The lowest BCUT2D eigenvalue weighted by atomic mass is 10.2. The average molecular weight is 438 g/mol. The Labute approximate surface area is 162 Å². The molecule has 3 rings (SSSR count). The zero-order valence-electron chi connectivity index (χ0n) is 13.9. The van der Waals surface area contributed by atoms with Crippen LogP contribution in [0.1, 0.15) is 10.4 Å². The maximum atomic E-state index is 5.42. The van der Waals surface area contributed by atoms with Gasteiger partial charge in [-0.2, -0.15) is 5.10 Å². The van der Waals surface area contributed by atoms with Crippen molar-refractivity contribution in [2.75, 3.05) is 19.6 Å². The lowest BCUT2D eigenvalue weighted by Crippen LogP contribution is -1.97. The minimum Gasteiger partial charge on any atom is -0.493 e. The van der Waals surface area contributed by atoms with Crippen LogP contribution >= 0.6 is 38.6 Å². The first-order valence-corrected chi connectivity index (χ1v) is 9.83. The van der Waals surface area contributed by atoms with Gasteiger partial charge in [-0.05, 0) is 30.5 Å². The van der Waals surface area contributed by atoms with Gasteiger partial charge < -0.3 is 9.47 Å². The zero-order valence-corrected chi connectivity index (χ0v) is 17.1. The number of hydrogen-bond acceptors (Lipinski definition) is 7. The molecule has 0 atom stereocenters. The Hall–Kier alpha value is -1.90. The Bertz CT molecular complexity index is 892. The molecule has 0 aliphatic rings. The first-order valence-electron chi connectivity index (χ1n) is 7.34. The Kier molecular flexibility index (Phi) is 5.72. The number of aryl methyl sites for hydroxylation is 1. The van der Waals surface area contributed by atoms with Crippen LogP contribution in [0.3, 0.4) is 0 Å². The fraction of sp³-hybridized carbons (Fsp3) is 0.176. The quantitative estimate of drug-likeness (QED) is 0.413. The van der Waals surface area contributed by atoms with Crippen LogP contribution in [0.2, 0.25) is 0 Å². The van der Waals surface area contributed by atoms with Crippen LogP contribution < -0.4 is 14.9 Å². The summed E-state index contributed by atoms with van der Waals surface area (Å²) in [5.74, 6) is 1.27. The van der Waals surface area contributed by atoms with E-state index in [0.29, 0.717) is 11.5 Å². The smallest absolute Gasteiger partial charge is 0.204 e. The van der Waals surface area contributed by atoms with Crippen molar-refractivity contribution in [2.45, 2.75) is 6.92 Å². The molecule has 0 saturated heterocycles.